The van der Waals surface area contributed by atoms with Gasteiger partial charge >= 0.3 is 0 Å². The van der Waals surface area contributed by atoms with Crippen LogP contribution in [0.25, 0.3) is 0 Å². The highest BCUT2D eigenvalue weighted by Gasteiger charge is 2.08. The fraction of sp³-hybridized carbons (Fsp3) is 0.429. The van der Waals surface area contributed by atoms with E-state index in [-0.39, 0.29) is 0 Å². The van der Waals surface area contributed by atoms with Crippen molar-refractivity contribution in [3.8, 4) is 0 Å². The summed E-state index contributed by atoms with van der Waals surface area (Å²) in [4.78, 5) is 5.44. The van der Waals surface area contributed by atoms with Crippen LogP contribution in [0.1, 0.15) is 37.0 Å². The molecule has 0 aliphatic carbocycles. The molecule has 102 valence electrons. The number of nitrogens with two attached hydrogens (primary N) is 1. The zero-order chi connectivity index (χ0) is 13.7. The van der Waals surface area contributed by atoms with Crippen molar-refractivity contribution in [1.82, 2.24) is 10.1 Å². The standard InChI is InChI=1S/C14H19N3OS/c1-3-4-8-12-16-13(18-17-12)9-19-11-7-5-6-10(2)14(11)15/h5-7H,3-4,8-9,15H2,1-2H3. The van der Waals surface area contributed by atoms with E-state index in [1.54, 1.807) is 11.8 Å². The van der Waals surface area contributed by atoms with E-state index in [0.717, 1.165) is 41.2 Å². The molecular formula is C14H19N3OS. The molecule has 0 radical (unpaired) electrons. The lowest BCUT2D eigenvalue weighted by molar-refractivity contribution is 0.384. The van der Waals surface area contributed by atoms with Crippen molar-refractivity contribution < 1.29 is 4.52 Å². The van der Waals surface area contributed by atoms with E-state index in [1.165, 1.54) is 0 Å². The second-order valence-corrected chi connectivity index (χ2v) is 5.50. The first-order valence-corrected chi connectivity index (χ1v) is 7.48. The quantitative estimate of drug-likeness (QED) is 0.645. The van der Waals surface area contributed by atoms with Gasteiger partial charge in [-0.2, -0.15) is 4.98 Å². The molecular weight excluding hydrogens is 258 g/mol. The van der Waals surface area contributed by atoms with Crippen molar-refractivity contribution in [3.63, 3.8) is 0 Å². The average Bonchev–Trinajstić information content (AvgIpc) is 2.86. The number of aromatic nitrogens is 2. The predicted octanol–water partition coefficient (Wildman–Crippen LogP) is 3.60. The van der Waals surface area contributed by atoms with E-state index >= 15 is 0 Å². The lowest BCUT2D eigenvalue weighted by atomic mass is 10.2. The first-order valence-electron chi connectivity index (χ1n) is 6.50. The number of hydrogen-bond donors (Lipinski definition) is 1. The van der Waals surface area contributed by atoms with Gasteiger partial charge in [-0.05, 0) is 25.0 Å². The summed E-state index contributed by atoms with van der Waals surface area (Å²) < 4.78 is 5.23. The number of aryl methyl sites for hydroxylation is 2. The summed E-state index contributed by atoms with van der Waals surface area (Å²) in [7, 11) is 0. The number of nitrogens with zero attached hydrogens (tertiary/aromatic N) is 2. The van der Waals surface area contributed by atoms with Crippen LogP contribution < -0.4 is 5.73 Å². The highest BCUT2D eigenvalue weighted by molar-refractivity contribution is 7.98. The van der Waals surface area contributed by atoms with Crippen LogP contribution in [0.3, 0.4) is 0 Å². The molecule has 0 fully saturated rings. The largest absolute Gasteiger partial charge is 0.398 e. The van der Waals surface area contributed by atoms with Crippen LogP contribution in [0.4, 0.5) is 5.69 Å². The molecule has 0 amide bonds. The fourth-order valence-corrected chi connectivity index (χ4v) is 2.59. The van der Waals surface area contributed by atoms with Crippen molar-refractivity contribution in [3.05, 3.63) is 35.5 Å². The lowest BCUT2D eigenvalue weighted by Gasteiger charge is -2.05. The number of nitrogen functional groups attached to an aromatic ring is 1. The van der Waals surface area contributed by atoms with Crippen molar-refractivity contribution in [2.75, 3.05) is 5.73 Å². The number of para-hydroxylation sites is 1. The topological polar surface area (TPSA) is 64.9 Å². The van der Waals surface area contributed by atoms with Gasteiger partial charge in [-0.15, -0.1) is 11.8 Å². The number of unbranched alkanes of at least 4 members (excludes halogenated alkanes) is 1. The van der Waals surface area contributed by atoms with E-state index in [1.807, 2.05) is 25.1 Å². The van der Waals surface area contributed by atoms with Gasteiger partial charge in [-0.1, -0.05) is 30.6 Å². The third kappa shape index (κ3) is 3.73. The third-order valence-electron chi connectivity index (χ3n) is 2.90. The molecule has 1 aromatic carbocycles. The van der Waals surface area contributed by atoms with Crippen LogP contribution in [0.5, 0.6) is 0 Å². The Bertz CT molecular complexity index is 539. The van der Waals surface area contributed by atoms with Gasteiger partial charge in [0.2, 0.25) is 5.89 Å². The maximum atomic E-state index is 6.03. The summed E-state index contributed by atoms with van der Waals surface area (Å²) in [6.45, 7) is 4.16. The molecule has 0 saturated carbocycles. The maximum Gasteiger partial charge on any atom is 0.237 e. The molecule has 4 nitrogen and oxygen atoms in total. The van der Waals surface area contributed by atoms with Gasteiger partial charge in [0.25, 0.3) is 0 Å². The van der Waals surface area contributed by atoms with Gasteiger partial charge in [0.05, 0.1) is 5.75 Å². The van der Waals surface area contributed by atoms with Crippen LogP contribution in [0.2, 0.25) is 0 Å². The van der Waals surface area contributed by atoms with Crippen LogP contribution in [-0.2, 0) is 12.2 Å². The molecule has 0 aliphatic rings. The van der Waals surface area contributed by atoms with Gasteiger partial charge in [0.1, 0.15) is 0 Å². The molecule has 0 unspecified atom stereocenters. The monoisotopic (exact) mass is 277 g/mol. The first kappa shape index (κ1) is 13.9. The van der Waals surface area contributed by atoms with Gasteiger partial charge < -0.3 is 10.3 Å². The molecule has 19 heavy (non-hydrogen) atoms. The van der Waals surface area contributed by atoms with Gasteiger partial charge in [0.15, 0.2) is 5.82 Å². The van der Waals surface area contributed by atoms with Crippen molar-refractivity contribution >= 4 is 17.4 Å². The predicted molar refractivity (Wildman–Crippen MR) is 78.1 cm³/mol. The SMILES string of the molecule is CCCCc1noc(CSc2cccc(C)c2N)n1. The Morgan fingerprint density at radius 3 is 3.00 bits per heavy atom. The normalized spacial score (nSPS) is 10.8. The minimum Gasteiger partial charge on any atom is -0.398 e. The Kier molecular flexibility index (Phi) is 4.85. The summed E-state index contributed by atoms with van der Waals surface area (Å²) in [5.74, 6) is 2.12. The average molecular weight is 277 g/mol. The number of thioether (sulfide) groups is 1. The smallest absolute Gasteiger partial charge is 0.237 e. The Labute approximate surface area is 117 Å². The minimum absolute atomic E-state index is 0.660. The van der Waals surface area contributed by atoms with Gasteiger partial charge in [-0.25, -0.2) is 0 Å². The number of hydrogen-bond acceptors (Lipinski definition) is 5. The third-order valence-corrected chi connectivity index (χ3v) is 3.96. The number of rotatable bonds is 6. The first-order chi connectivity index (χ1) is 9.20. The molecule has 0 spiro atoms. The van der Waals surface area contributed by atoms with E-state index in [4.69, 9.17) is 10.3 Å². The number of benzene rings is 1. The Hall–Kier alpha value is -1.49. The summed E-state index contributed by atoms with van der Waals surface area (Å²) in [6, 6.07) is 6.03. The second-order valence-electron chi connectivity index (χ2n) is 4.48. The van der Waals surface area contributed by atoms with Crippen LogP contribution in [0, 0.1) is 6.92 Å². The Morgan fingerprint density at radius 2 is 2.21 bits per heavy atom. The summed E-state index contributed by atoms with van der Waals surface area (Å²) >= 11 is 1.63. The summed E-state index contributed by atoms with van der Waals surface area (Å²) in [6.07, 6.45) is 3.12. The van der Waals surface area contributed by atoms with Crippen molar-refractivity contribution in [2.45, 2.75) is 43.8 Å². The molecule has 2 rings (SSSR count). The van der Waals surface area contributed by atoms with Crippen LogP contribution in [-0.4, -0.2) is 10.1 Å². The lowest BCUT2D eigenvalue weighted by Crippen LogP contribution is -1.92. The second kappa shape index (κ2) is 6.61. The van der Waals surface area contributed by atoms with Gasteiger partial charge in [0, 0.05) is 17.0 Å². The summed E-state index contributed by atoms with van der Waals surface area (Å²) in [5.41, 5.74) is 7.96. The van der Waals surface area contributed by atoms with Gasteiger partial charge in [-0.3, -0.25) is 0 Å². The highest BCUT2D eigenvalue weighted by Crippen LogP contribution is 2.29. The number of anilines is 1. The maximum absolute atomic E-state index is 6.03. The van der Waals surface area contributed by atoms with Crippen LogP contribution in [0.15, 0.2) is 27.6 Å². The zero-order valence-corrected chi connectivity index (χ0v) is 12.2. The molecule has 0 saturated heterocycles. The fourth-order valence-electron chi connectivity index (χ4n) is 1.70. The molecule has 1 aromatic heterocycles. The molecule has 2 aromatic rings. The van der Waals surface area contributed by atoms with E-state index in [9.17, 15) is 0 Å². The van der Waals surface area contributed by atoms with E-state index in [2.05, 4.69) is 17.1 Å². The molecule has 0 atom stereocenters. The van der Waals surface area contributed by atoms with E-state index in [0.29, 0.717) is 11.6 Å². The molecule has 0 aliphatic heterocycles. The molecule has 1 heterocycles. The highest BCUT2D eigenvalue weighted by atomic mass is 32.2. The zero-order valence-electron chi connectivity index (χ0n) is 11.3. The molecule has 0 bridgehead atoms. The minimum atomic E-state index is 0.660. The van der Waals surface area contributed by atoms with Crippen LogP contribution >= 0.6 is 11.8 Å². The molecule has 5 heteroatoms. The van der Waals surface area contributed by atoms with E-state index < -0.39 is 0 Å². The van der Waals surface area contributed by atoms with Crippen molar-refractivity contribution in [1.29, 1.82) is 0 Å². The van der Waals surface area contributed by atoms with Crippen molar-refractivity contribution in [2.24, 2.45) is 0 Å². The Morgan fingerprint density at radius 1 is 1.37 bits per heavy atom. The summed E-state index contributed by atoms with van der Waals surface area (Å²) in [5, 5.41) is 3.98. The molecule has 2 N–H and O–H groups in total. The Balaban J connectivity index is 1.95.